The normalized spacial score (nSPS) is 13.0. The lowest BCUT2D eigenvalue weighted by Gasteiger charge is -2.12. The van der Waals surface area contributed by atoms with Gasteiger partial charge in [-0.25, -0.2) is 4.98 Å². The van der Waals surface area contributed by atoms with E-state index in [4.69, 9.17) is 11.6 Å². The Morgan fingerprint density at radius 2 is 2.00 bits per heavy atom. The van der Waals surface area contributed by atoms with Crippen molar-refractivity contribution < 1.29 is 27.5 Å². The number of hydrogen-bond acceptors (Lipinski definition) is 4. The maximum Gasteiger partial charge on any atom is 0.468 e. The Kier molecular flexibility index (Phi) is 4.88. The number of benzene rings is 2. The molecule has 0 bridgehead atoms. The van der Waals surface area contributed by atoms with Crippen molar-refractivity contribution >= 4 is 34.3 Å². The third-order valence-electron chi connectivity index (χ3n) is 3.57. The predicted octanol–water partition coefficient (Wildman–Crippen LogP) is 4.04. The molecule has 0 aliphatic heterocycles. The summed E-state index contributed by atoms with van der Waals surface area (Å²) in [5.74, 6) is -2.08. The lowest BCUT2D eigenvalue weighted by molar-refractivity contribution is -0.156. The average molecular weight is 385 g/mol. The van der Waals surface area contributed by atoms with Crippen LogP contribution in [-0.4, -0.2) is 22.1 Å². The van der Waals surface area contributed by atoms with Gasteiger partial charge in [-0.3, -0.25) is 4.79 Å². The summed E-state index contributed by atoms with van der Waals surface area (Å²) in [5.41, 5.74) is 0.656. The first-order valence-corrected chi connectivity index (χ1v) is 7.82. The van der Waals surface area contributed by atoms with Crippen molar-refractivity contribution in [2.24, 2.45) is 0 Å². The highest BCUT2D eigenvalue weighted by Crippen LogP contribution is 2.31. The zero-order chi connectivity index (χ0) is 18.9. The van der Waals surface area contributed by atoms with Crippen LogP contribution in [0.1, 0.15) is 11.5 Å². The Hall–Kier alpha value is -2.58. The number of amides is 1. The van der Waals surface area contributed by atoms with E-state index in [1.807, 2.05) is 0 Å². The van der Waals surface area contributed by atoms with E-state index in [1.54, 1.807) is 24.3 Å². The van der Waals surface area contributed by atoms with Gasteiger partial charge < -0.3 is 14.8 Å². The van der Waals surface area contributed by atoms with Crippen molar-refractivity contribution in [2.45, 2.75) is 18.7 Å². The zero-order valence-electron chi connectivity index (χ0n) is 13.0. The number of carbonyl (C=O) groups is 1. The summed E-state index contributed by atoms with van der Waals surface area (Å²) in [5, 5.41) is 12.9. The zero-order valence-corrected chi connectivity index (χ0v) is 13.8. The number of hydrogen-bond donors (Lipinski definition) is 2. The highest BCUT2D eigenvalue weighted by molar-refractivity contribution is 6.31. The second kappa shape index (κ2) is 6.97. The number of anilines is 1. The van der Waals surface area contributed by atoms with Gasteiger partial charge in [0.2, 0.25) is 0 Å². The Balaban J connectivity index is 1.73. The second-order valence-electron chi connectivity index (χ2n) is 5.50. The molecule has 3 aromatic rings. The molecular formula is C17H12ClF3N2O3. The molecule has 1 unspecified atom stereocenters. The SMILES string of the molecule is O=C(Nc1ccc2oc(C(F)(F)F)nc2c1)C(O)Cc1ccccc1Cl. The van der Waals surface area contributed by atoms with Crippen LogP contribution in [0.2, 0.25) is 5.02 Å². The van der Waals surface area contributed by atoms with E-state index >= 15 is 0 Å². The van der Waals surface area contributed by atoms with Crippen LogP contribution in [0.25, 0.3) is 11.1 Å². The van der Waals surface area contributed by atoms with E-state index in [0.717, 1.165) is 0 Å². The molecule has 1 amide bonds. The molecule has 26 heavy (non-hydrogen) atoms. The summed E-state index contributed by atoms with van der Waals surface area (Å²) in [6, 6.07) is 10.6. The molecule has 136 valence electrons. The Bertz CT molecular complexity index is 956. The monoisotopic (exact) mass is 384 g/mol. The van der Waals surface area contributed by atoms with E-state index in [9.17, 15) is 23.1 Å². The molecule has 1 atom stereocenters. The molecule has 9 heteroatoms. The quantitative estimate of drug-likeness (QED) is 0.711. The first-order chi connectivity index (χ1) is 12.2. The van der Waals surface area contributed by atoms with Gasteiger partial charge in [0.1, 0.15) is 11.6 Å². The molecule has 0 aliphatic rings. The molecule has 1 heterocycles. The van der Waals surface area contributed by atoms with E-state index in [0.29, 0.717) is 10.6 Å². The lowest BCUT2D eigenvalue weighted by Crippen LogP contribution is -2.29. The van der Waals surface area contributed by atoms with Crippen LogP contribution in [0.15, 0.2) is 46.9 Å². The summed E-state index contributed by atoms with van der Waals surface area (Å²) >= 11 is 5.98. The molecule has 5 nitrogen and oxygen atoms in total. The standard InChI is InChI=1S/C17H12ClF3N2O3/c18-11-4-2-1-3-9(11)7-13(24)15(25)22-10-5-6-14-12(8-10)23-16(26-14)17(19,20)21/h1-6,8,13,24H,7H2,(H,22,25). The number of carbonyl (C=O) groups excluding carboxylic acids is 1. The number of aromatic nitrogens is 1. The molecule has 2 N–H and O–H groups in total. The van der Waals surface area contributed by atoms with Crippen LogP contribution in [0.4, 0.5) is 18.9 Å². The van der Waals surface area contributed by atoms with E-state index < -0.39 is 24.1 Å². The number of aliphatic hydroxyl groups is 1. The van der Waals surface area contributed by atoms with Gasteiger partial charge in [0.25, 0.3) is 5.91 Å². The largest absolute Gasteiger partial charge is 0.468 e. The van der Waals surface area contributed by atoms with Crippen molar-refractivity contribution in [3.8, 4) is 0 Å². The van der Waals surface area contributed by atoms with Crippen molar-refractivity contribution in [1.82, 2.24) is 4.98 Å². The summed E-state index contributed by atoms with van der Waals surface area (Å²) in [4.78, 5) is 15.5. The average Bonchev–Trinajstić information content (AvgIpc) is 3.00. The molecule has 0 aliphatic carbocycles. The maximum atomic E-state index is 12.6. The lowest BCUT2D eigenvalue weighted by atomic mass is 10.1. The number of aliphatic hydroxyl groups excluding tert-OH is 1. The van der Waals surface area contributed by atoms with Crippen LogP contribution < -0.4 is 5.32 Å². The third-order valence-corrected chi connectivity index (χ3v) is 3.94. The van der Waals surface area contributed by atoms with Crippen molar-refractivity contribution in [3.63, 3.8) is 0 Å². The predicted molar refractivity (Wildman–Crippen MR) is 88.8 cm³/mol. The Morgan fingerprint density at radius 3 is 2.69 bits per heavy atom. The van der Waals surface area contributed by atoms with Gasteiger partial charge in [0, 0.05) is 17.1 Å². The molecule has 3 rings (SSSR count). The van der Waals surface area contributed by atoms with Gasteiger partial charge in [-0.15, -0.1) is 0 Å². The minimum atomic E-state index is -4.70. The third kappa shape index (κ3) is 3.97. The minimum Gasteiger partial charge on any atom is -0.433 e. The number of rotatable bonds is 4. The van der Waals surface area contributed by atoms with Gasteiger partial charge in [0.15, 0.2) is 5.58 Å². The van der Waals surface area contributed by atoms with Gasteiger partial charge in [-0.1, -0.05) is 29.8 Å². The van der Waals surface area contributed by atoms with Crippen LogP contribution in [-0.2, 0) is 17.4 Å². The van der Waals surface area contributed by atoms with E-state index in [2.05, 4.69) is 14.7 Å². The van der Waals surface area contributed by atoms with Gasteiger partial charge >= 0.3 is 12.1 Å². The number of oxazole rings is 1. The molecule has 1 aromatic heterocycles. The van der Waals surface area contributed by atoms with Crippen molar-refractivity contribution in [2.75, 3.05) is 5.32 Å². The highest BCUT2D eigenvalue weighted by atomic mass is 35.5. The fourth-order valence-electron chi connectivity index (χ4n) is 2.32. The number of nitrogens with one attached hydrogen (secondary N) is 1. The number of nitrogens with zero attached hydrogens (tertiary/aromatic N) is 1. The fraction of sp³-hybridized carbons (Fsp3) is 0.176. The summed E-state index contributed by atoms with van der Waals surface area (Å²) in [6.45, 7) is 0. The van der Waals surface area contributed by atoms with Gasteiger partial charge in [0.05, 0.1) is 0 Å². The summed E-state index contributed by atoms with van der Waals surface area (Å²) in [6.07, 6.45) is -6.09. The smallest absolute Gasteiger partial charge is 0.433 e. The van der Waals surface area contributed by atoms with Crippen LogP contribution in [0.3, 0.4) is 0 Å². The molecule has 0 spiro atoms. The molecule has 0 saturated heterocycles. The topological polar surface area (TPSA) is 75.4 Å². The van der Waals surface area contributed by atoms with E-state index in [-0.39, 0.29) is 23.2 Å². The number of fused-ring (bicyclic) bond motifs is 1. The maximum absolute atomic E-state index is 12.6. The summed E-state index contributed by atoms with van der Waals surface area (Å²) < 4.78 is 42.5. The Morgan fingerprint density at radius 1 is 1.27 bits per heavy atom. The van der Waals surface area contributed by atoms with Crippen molar-refractivity contribution in [1.29, 1.82) is 0 Å². The second-order valence-corrected chi connectivity index (χ2v) is 5.91. The highest BCUT2D eigenvalue weighted by Gasteiger charge is 2.37. The molecule has 0 saturated carbocycles. The first kappa shape index (κ1) is 18.2. The first-order valence-electron chi connectivity index (χ1n) is 7.44. The molecule has 2 aromatic carbocycles. The van der Waals surface area contributed by atoms with Crippen LogP contribution in [0.5, 0.6) is 0 Å². The number of alkyl halides is 3. The van der Waals surface area contributed by atoms with E-state index in [1.165, 1.54) is 18.2 Å². The molecule has 0 fully saturated rings. The van der Waals surface area contributed by atoms with Gasteiger partial charge in [-0.05, 0) is 29.8 Å². The van der Waals surface area contributed by atoms with Crippen molar-refractivity contribution in [3.05, 3.63) is 58.9 Å². The number of halogens is 4. The Labute approximate surface area is 150 Å². The van der Waals surface area contributed by atoms with Gasteiger partial charge in [-0.2, -0.15) is 13.2 Å². The minimum absolute atomic E-state index is 0.00403. The summed E-state index contributed by atoms with van der Waals surface area (Å²) in [7, 11) is 0. The fourth-order valence-corrected chi connectivity index (χ4v) is 2.53. The van der Waals surface area contributed by atoms with Crippen LogP contribution in [0, 0.1) is 0 Å². The molecule has 0 radical (unpaired) electrons. The van der Waals surface area contributed by atoms with Crippen LogP contribution >= 0.6 is 11.6 Å². The molecular weight excluding hydrogens is 373 g/mol.